The number of ketones is 1. The number of aromatic nitrogens is 3. The topological polar surface area (TPSA) is 68.0 Å². The van der Waals surface area contributed by atoms with Gasteiger partial charge in [0.25, 0.3) is 0 Å². The van der Waals surface area contributed by atoms with Gasteiger partial charge in [0.2, 0.25) is 5.88 Å². The van der Waals surface area contributed by atoms with Crippen LogP contribution in [0.5, 0.6) is 5.88 Å². The summed E-state index contributed by atoms with van der Waals surface area (Å²) in [6, 6.07) is 22.8. The van der Waals surface area contributed by atoms with Crippen molar-refractivity contribution in [1.82, 2.24) is 14.5 Å². The zero-order valence-electron chi connectivity index (χ0n) is 15.7. The number of Topliss-reactive ketones (excluding diaryl/α,β-unsaturated/α-hetero) is 1. The standard InChI is InChI=1S/C24H19N3O2/c28-21-13-7-12-19-18(21)14-15-20(25-19)23-26-22(16-8-3-1-4-9-16)24(29)27(23)17-10-5-2-6-11-17/h1-6,8-11,14-15,29H,7,12-13H2. The first kappa shape index (κ1) is 17.4. The molecule has 1 aliphatic carbocycles. The maximum atomic E-state index is 12.2. The van der Waals surface area contributed by atoms with Gasteiger partial charge in [-0.2, -0.15) is 0 Å². The lowest BCUT2D eigenvalue weighted by molar-refractivity contribution is 0.0971. The number of aryl methyl sites for hydroxylation is 1. The second-order valence-electron chi connectivity index (χ2n) is 7.11. The highest BCUT2D eigenvalue weighted by molar-refractivity contribution is 5.98. The van der Waals surface area contributed by atoms with Crippen molar-refractivity contribution in [3.8, 4) is 34.3 Å². The smallest absolute Gasteiger partial charge is 0.224 e. The molecule has 0 unspecified atom stereocenters. The maximum absolute atomic E-state index is 12.2. The molecule has 2 aromatic heterocycles. The number of hydrogen-bond donors (Lipinski definition) is 1. The van der Waals surface area contributed by atoms with Crippen molar-refractivity contribution in [1.29, 1.82) is 0 Å². The molecule has 1 N–H and O–H groups in total. The van der Waals surface area contributed by atoms with E-state index >= 15 is 0 Å². The lowest BCUT2D eigenvalue weighted by Crippen LogP contribution is -2.13. The van der Waals surface area contributed by atoms with E-state index in [1.54, 1.807) is 4.57 Å². The Kier molecular flexibility index (Phi) is 4.21. The van der Waals surface area contributed by atoms with Crippen LogP contribution < -0.4 is 0 Å². The largest absolute Gasteiger partial charge is 0.493 e. The number of carbonyl (C=O) groups is 1. The van der Waals surface area contributed by atoms with Crippen LogP contribution in [0.1, 0.15) is 28.9 Å². The molecule has 2 heterocycles. The fraction of sp³-hybridized carbons (Fsp3) is 0.125. The van der Waals surface area contributed by atoms with Crippen molar-refractivity contribution in [2.75, 3.05) is 0 Å². The zero-order chi connectivity index (χ0) is 19.8. The normalized spacial score (nSPS) is 13.3. The summed E-state index contributed by atoms with van der Waals surface area (Å²) in [6.45, 7) is 0. The van der Waals surface area contributed by atoms with Crippen molar-refractivity contribution in [2.24, 2.45) is 0 Å². The summed E-state index contributed by atoms with van der Waals surface area (Å²) in [5, 5.41) is 11.1. The number of aromatic hydroxyl groups is 1. The molecule has 2 aromatic carbocycles. The average Bonchev–Trinajstić information content (AvgIpc) is 3.12. The van der Waals surface area contributed by atoms with Gasteiger partial charge in [-0.05, 0) is 37.1 Å². The van der Waals surface area contributed by atoms with Gasteiger partial charge < -0.3 is 5.11 Å². The molecule has 0 bridgehead atoms. The molecule has 4 aromatic rings. The lowest BCUT2D eigenvalue weighted by Gasteiger charge is -2.15. The predicted octanol–water partition coefficient (Wildman–Crippen LogP) is 4.83. The molecule has 0 fully saturated rings. The number of hydrogen-bond acceptors (Lipinski definition) is 4. The van der Waals surface area contributed by atoms with Crippen LogP contribution in [0.4, 0.5) is 0 Å². The first-order valence-corrected chi connectivity index (χ1v) is 9.68. The van der Waals surface area contributed by atoms with E-state index in [9.17, 15) is 9.90 Å². The third-order valence-corrected chi connectivity index (χ3v) is 5.24. The molecule has 5 nitrogen and oxygen atoms in total. The van der Waals surface area contributed by atoms with Crippen molar-refractivity contribution >= 4 is 5.78 Å². The number of rotatable bonds is 3. The highest BCUT2D eigenvalue weighted by atomic mass is 16.3. The summed E-state index contributed by atoms with van der Waals surface area (Å²) < 4.78 is 1.71. The number of carbonyl (C=O) groups excluding carboxylic acids is 1. The molecule has 0 radical (unpaired) electrons. The third kappa shape index (κ3) is 3.01. The summed E-state index contributed by atoms with van der Waals surface area (Å²) >= 11 is 0. The minimum atomic E-state index is 0.0630. The second kappa shape index (κ2) is 7.02. The van der Waals surface area contributed by atoms with Crippen molar-refractivity contribution in [3.05, 3.63) is 84.1 Å². The van der Waals surface area contributed by atoms with Crippen molar-refractivity contribution in [3.63, 3.8) is 0 Å². The first-order valence-electron chi connectivity index (χ1n) is 9.68. The van der Waals surface area contributed by atoms with E-state index in [0.717, 1.165) is 29.8 Å². The first-order chi connectivity index (χ1) is 14.2. The summed E-state index contributed by atoms with van der Waals surface area (Å²) in [7, 11) is 0. The van der Waals surface area contributed by atoms with Crippen LogP contribution >= 0.6 is 0 Å². The summed E-state index contributed by atoms with van der Waals surface area (Å²) in [5.41, 5.74) is 4.27. The van der Waals surface area contributed by atoms with Gasteiger partial charge in [0, 0.05) is 17.5 Å². The van der Waals surface area contributed by atoms with E-state index in [2.05, 4.69) is 0 Å². The number of fused-ring (bicyclic) bond motifs is 1. The highest BCUT2D eigenvalue weighted by Crippen LogP contribution is 2.36. The Balaban J connectivity index is 1.73. The minimum absolute atomic E-state index is 0.0630. The molecule has 142 valence electrons. The van der Waals surface area contributed by atoms with Crippen LogP contribution in [-0.4, -0.2) is 25.4 Å². The summed E-state index contributed by atoms with van der Waals surface area (Å²) in [5.74, 6) is 0.755. The Labute approximate surface area is 168 Å². The Hall–Kier alpha value is -3.73. The van der Waals surface area contributed by atoms with E-state index < -0.39 is 0 Å². The van der Waals surface area contributed by atoms with E-state index in [0.29, 0.717) is 29.2 Å². The van der Waals surface area contributed by atoms with Crippen LogP contribution in [-0.2, 0) is 6.42 Å². The van der Waals surface area contributed by atoms with Crippen molar-refractivity contribution < 1.29 is 9.90 Å². The number of benzene rings is 2. The Morgan fingerprint density at radius 2 is 1.55 bits per heavy atom. The number of nitrogens with zero attached hydrogens (tertiary/aromatic N) is 3. The SMILES string of the molecule is O=C1CCCc2nc(-c3nc(-c4ccccc4)c(O)n3-c3ccccc3)ccc21. The number of pyridine rings is 1. The van der Waals surface area contributed by atoms with Crippen LogP contribution in [0.2, 0.25) is 0 Å². The van der Waals surface area contributed by atoms with Gasteiger partial charge in [0.1, 0.15) is 11.4 Å². The summed E-state index contributed by atoms with van der Waals surface area (Å²) in [6.07, 6.45) is 2.17. The van der Waals surface area contributed by atoms with Gasteiger partial charge in [0.15, 0.2) is 11.6 Å². The lowest BCUT2D eigenvalue weighted by atomic mass is 9.94. The van der Waals surface area contributed by atoms with Gasteiger partial charge in [-0.15, -0.1) is 0 Å². The Bertz CT molecular complexity index is 1200. The van der Waals surface area contributed by atoms with Gasteiger partial charge in [0.05, 0.1) is 11.4 Å². The highest BCUT2D eigenvalue weighted by Gasteiger charge is 2.24. The van der Waals surface area contributed by atoms with Gasteiger partial charge >= 0.3 is 0 Å². The molecule has 0 amide bonds. The van der Waals surface area contributed by atoms with E-state index in [1.165, 1.54) is 0 Å². The maximum Gasteiger partial charge on any atom is 0.224 e. The van der Waals surface area contributed by atoms with Crippen LogP contribution in [0.3, 0.4) is 0 Å². The van der Waals surface area contributed by atoms with Gasteiger partial charge in [-0.3, -0.25) is 9.36 Å². The quantitative estimate of drug-likeness (QED) is 0.552. The molecule has 5 rings (SSSR count). The fourth-order valence-corrected chi connectivity index (χ4v) is 3.82. The second-order valence-corrected chi connectivity index (χ2v) is 7.11. The molecule has 1 aliphatic rings. The Morgan fingerprint density at radius 3 is 2.31 bits per heavy atom. The van der Waals surface area contributed by atoms with Crippen molar-refractivity contribution in [2.45, 2.75) is 19.3 Å². The van der Waals surface area contributed by atoms with E-state index in [4.69, 9.17) is 9.97 Å². The molecule has 5 heteroatoms. The average molecular weight is 381 g/mol. The van der Waals surface area contributed by atoms with Gasteiger partial charge in [-0.1, -0.05) is 48.5 Å². The van der Waals surface area contributed by atoms with E-state index in [-0.39, 0.29) is 11.7 Å². The molecular formula is C24H19N3O2. The fourth-order valence-electron chi connectivity index (χ4n) is 3.82. The zero-order valence-corrected chi connectivity index (χ0v) is 15.7. The van der Waals surface area contributed by atoms with Crippen LogP contribution in [0.25, 0.3) is 28.5 Å². The molecule has 0 spiro atoms. The third-order valence-electron chi connectivity index (χ3n) is 5.24. The van der Waals surface area contributed by atoms with Crippen LogP contribution in [0.15, 0.2) is 72.8 Å². The number of imidazole rings is 1. The van der Waals surface area contributed by atoms with Gasteiger partial charge in [-0.25, -0.2) is 9.97 Å². The molecule has 0 saturated carbocycles. The van der Waals surface area contributed by atoms with E-state index in [1.807, 2.05) is 72.8 Å². The monoisotopic (exact) mass is 381 g/mol. The molecule has 29 heavy (non-hydrogen) atoms. The molecule has 0 saturated heterocycles. The summed E-state index contributed by atoms with van der Waals surface area (Å²) in [4.78, 5) is 21.7. The molecule has 0 aliphatic heterocycles. The number of para-hydroxylation sites is 1. The van der Waals surface area contributed by atoms with Crippen LogP contribution in [0, 0.1) is 0 Å². The predicted molar refractivity (Wildman–Crippen MR) is 111 cm³/mol. The molecule has 0 atom stereocenters. The minimum Gasteiger partial charge on any atom is -0.493 e. The molecular weight excluding hydrogens is 362 g/mol. The Morgan fingerprint density at radius 1 is 0.828 bits per heavy atom.